The second kappa shape index (κ2) is 46.8. The van der Waals surface area contributed by atoms with Crippen LogP contribution in [0.15, 0.2) is 131 Å². The predicted octanol–water partition coefficient (Wildman–Crippen LogP) is 8.53. The lowest BCUT2D eigenvalue weighted by Crippen LogP contribution is -2.43. The van der Waals surface area contributed by atoms with E-state index in [0.29, 0.717) is 110 Å². The molecule has 41 heteroatoms. The second-order valence-corrected chi connectivity index (χ2v) is 32.4. The second-order valence-electron chi connectivity index (χ2n) is 32.4. The van der Waals surface area contributed by atoms with Crippen LogP contribution < -0.4 is 62.6 Å². The van der Waals surface area contributed by atoms with Crippen LogP contribution in [-0.2, 0) is 80.8 Å². The van der Waals surface area contributed by atoms with Crippen molar-refractivity contribution in [1.29, 1.82) is 0 Å². The molecule has 0 amide bonds. The summed E-state index contributed by atoms with van der Waals surface area (Å²) in [6.45, 7) is 25.3. The van der Waals surface area contributed by atoms with Crippen molar-refractivity contribution in [3.8, 4) is 36.1 Å². The number of ether oxygens (including phenoxy) is 12. The highest BCUT2D eigenvalue weighted by Crippen LogP contribution is 2.32. The van der Waals surface area contributed by atoms with Crippen molar-refractivity contribution in [3.63, 3.8) is 0 Å². The number of nitrogen functional groups attached to an aromatic ring is 4. The van der Waals surface area contributed by atoms with Crippen LogP contribution in [0, 0.1) is 6.92 Å². The molecule has 3 saturated heterocycles. The Morgan fingerprint density at radius 2 is 0.735 bits per heavy atom. The zero-order chi connectivity index (χ0) is 93.2. The summed E-state index contributed by atoms with van der Waals surface area (Å²) in [5.41, 5.74) is 36.2. The molecule has 4 aromatic carbocycles. The van der Waals surface area contributed by atoms with E-state index in [1.165, 1.54) is 71.7 Å². The summed E-state index contributed by atoms with van der Waals surface area (Å²) in [5, 5.41) is 0. The first kappa shape index (κ1) is 96.0. The molecular weight excluding hydrogens is 1700 g/mol. The van der Waals surface area contributed by atoms with E-state index in [-0.39, 0.29) is 103 Å². The van der Waals surface area contributed by atoms with Gasteiger partial charge in [-0.05, 0) is 138 Å². The van der Waals surface area contributed by atoms with Crippen LogP contribution in [0.1, 0.15) is 104 Å². The molecule has 132 heavy (non-hydrogen) atoms. The van der Waals surface area contributed by atoms with E-state index >= 15 is 0 Å². The first-order chi connectivity index (χ1) is 63.9. The lowest BCUT2D eigenvalue weighted by Gasteiger charge is -2.32. The van der Waals surface area contributed by atoms with E-state index in [0.717, 1.165) is 87.0 Å². The number of H-pyrrole nitrogens is 1. The first-order valence-electron chi connectivity index (χ1n) is 43.8. The number of hydrogen-bond acceptors (Lipinski definition) is 35. The number of carbonyl (C=O) groups is 2. The molecule has 9 N–H and O–H groups in total. The minimum atomic E-state index is -0.863. The Bertz CT molecular complexity index is 6140. The Balaban J connectivity index is 0.000000150. The predicted molar refractivity (Wildman–Crippen MR) is 494 cm³/mol. The number of piperidine rings is 1. The molecule has 9 aromatic heterocycles. The smallest absolute Gasteiger partial charge is 0.461 e. The number of piperazine rings is 1. The number of aryl methyl sites for hydroxylation is 1. The number of hydrogen-bond donors (Lipinski definition) is 5. The SMILES string of the molecule is COCCOc1nc(N)c2[nH]c(=O)n(Cc3cccc(Cn4ccccc4=O)c3)c2n1.COCCOc1nc(N)c2nc(C)n(Cc3cccc(CN4CCC4)c3)c2n1.COCCOc1nc(N)c2nc(OC(=O)OC(C)C)n(Cc3cccc(CN4CCCCC4)c3)c2n1.COCCOc1nc(N)c2nc(OC(=O)OC(C)C)n(Cc3cccc(CN4CCN(C)CC4)c3)c2n1. The van der Waals surface area contributed by atoms with Gasteiger partial charge in [-0.15, -0.1) is 0 Å². The minimum Gasteiger partial charge on any atom is -0.461 e. The third-order valence-corrected chi connectivity index (χ3v) is 21.4. The Hall–Kier alpha value is -13.6. The van der Waals surface area contributed by atoms with Gasteiger partial charge in [-0.2, -0.15) is 49.8 Å². The van der Waals surface area contributed by atoms with Crippen molar-refractivity contribution in [2.24, 2.45) is 0 Å². The summed E-state index contributed by atoms with van der Waals surface area (Å²) in [6.07, 6.45) is 4.42. The fourth-order valence-electron chi connectivity index (χ4n) is 14.8. The number of likely N-dealkylation sites (N-methyl/N-ethyl adjacent to an activating group) is 1. The number of aromatic nitrogens is 17. The molecule has 41 nitrogen and oxygen atoms in total. The third kappa shape index (κ3) is 26.6. The largest absolute Gasteiger partial charge is 0.516 e. The topological polar surface area (TPSA) is 478 Å². The zero-order valence-corrected chi connectivity index (χ0v) is 76.3. The molecule has 12 heterocycles. The number of anilines is 4. The monoisotopic (exact) mass is 1820 g/mol. The first-order valence-corrected chi connectivity index (χ1v) is 43.8. The molecule has 0 spiro atoms. The van der Waals surface area contributed by atoms with E-state index in [1.807, 2.05) is 61.5 Å². The maximum atomic E-state index is 12.6. The Kier molecular flexibility index (Phi) is 34.1. The number of nitrogens with one attached hydrogen (secondary N) is 1. The molecule has 16 rings (SSSR count). The Morgan fingerprint density at radius 3 is 1.13 bits per heavy atom. The molecule has 3 fully saturated rings. The summed E-state index contributed by atoms with van der Waals surface area (Å²) in [7, 11) is 8.49. The summed E-state index contributed by atoms with van der Waals surface area (Å²) >= 11 is 0. The van der Waals surface area contributed by atoms with Crippen molar-refractivity contribution < 1.29 is 66.4 Å². The van der Waals surface area contributed by atoms with E-state index in [2.05, 4.69) is 140 Å². The molecule has 3 aliphatic heterocycles. The quantitative estimate of drug-likeness (QED) is 0.0181. The molecule has 0 saturated carbocycles. The van der Waals surface area contributed by atoms with Gasteiger partial charge in [0.15, 0.2) is 62.4 Å². The van der Waals surface area contributed by atoms with Crippen molar-refractivity contribution >= 4 is 80.2 Å². The number of rotatable bonds is 36. The fraction of sp³-hybridized carbons (Fsp3) is 0.440. The van der Waals surface area contributed by atoms with Gasteiger partial charge >= 0.3 is 54.1 Å². The highest BCUT2D eigenvalue weighted by atomic mass is 16.7. The normalized spacial score (nSPS) is 13.7. The van der Waals surface area contributed by atoms with Crippen LogP contribution in [-0.4, -0.2) is 267 Å². The van der Waals surface area contributed by atoms with Gasteiger partial charge in [-0.1, -0.05) is 110 Å². The zero-order valence-electron chi connectivity index (χ0n) is 76.3. The number of fused-ring (bicyclic) bond motifs is 4. The van der Waals surface area contributed by atoms with Gasteiger partial charge in [-0.3, -0.25) is 33.2 Å². The number of pyridine rings is 1. The van der Waals surface area contributed by atoms with Crippen LogP contribution in [0.5, 0.6) is 36.1 Å². The average molecular weight is 1820 g/mol. The van der Waals surface area contributed by atoms with Gasteiger partial charge in [0, 0.05) is 86.5 Å². The van der Waals surface area contributed by atoms with Gasteiger partial charge < -0.3 is 98.8 Å². The third-order valence-electron chi connectivity index (χ3n) is 21.4. The molecule has 0 bridgehead atoms. The molecule has 0 radical (unpaired) electrons. The Morgan fingerprint density at radius 1 is 0.379 bits per heavy atom. The van der Waals surface area contributed by atoms with Crippen molar-refractivity contribution in [1.82, 2.24) is 102 Å². The number of likely N-dealkylation sites (tertiary alicyclic amines) is 2. The lowest BCUT2D eigenvalue weighted by atomic mass is 10.1. The van der Waals surface area contributed by atoms with Crippen LogP contribution in [0.3, 0.4) is 0 Å². The molecular formula is C91H117N25O16. The summed E-state index contributed by atoms with van der Waals surface area (Å²) in [5.74, 6) is 1.53. The number of imidazole rings is 4. The molecule has 3 aliphatic rings. The maximum Gasteiger partial charge on any atom is 0.516 e. The Labute approximate surface area is 762 Å². The summed E-state index contributed by atoms with van der Waals surface area (Å²) < 4.78 is 71.9. The van der Waals surface area contributed by atoms with Gasteiger partial charge in [0.1, 0.15) is 37.8 Å². The fourth-order valence-corrected chi connectivity index (χ4v) is 14.8. The van der Waals surface area contributed by atoms with E-state index in [9.17, 15) is 19.2 Å². The number of benzene rings is 4. The van der Waals surface area contributed by atoms with Crippen LogP contribution in [0.4, 0.5) is 32.9 Å². The maximum absolute atomic E-state index is 12.6. The highest BCUT2D eigenvalue weighted by molar-refractivity contribution is 5.86. The highest BCUT2D eigenvalue weighted by Gasteiger charge is 2.27. The van der Waals surface area contributed by atoms with Crippen LogP contribution in [0.2, 0.25) is 0 Å². The summed E-state index contributed by atoms with van der Waals surface area (Å²) in [4.78, 5) is 109. The molecule has 13 aromatic rings. The van der Waals surface area contributed by atoms with Gasteiger partial charge in [0.2, 0.25) is 0 Å². The molecule has 0 atom stereocenters. The van der Waals surface area contributed by atoms with E-state index in [1.54, 1.807) is 82.1 Å². The van der Waals surface area contributed by atoms with Gasteiger partial charge in [0.25, 0.3) is 5.56 Å². The molecule has 0 unspecified atom stereocenters. The van der Waals surface area contributed by atoms with Crippen LogP contribution >= 0.6 is 0 Å². The van der Waals surface area contributed by atoms with E-state index in [4.69, 9.17) is 79.8 Å². The summed E-state index contributed by atoms with van der Waals surface area (Å²) in [6, 6.07) is 38.6. The molecule has 0 aliphatic carbocycles. The number of aromatic amines is 1. The van der Waals surface area contributed by atoms with Gasteiger partial charge in [0.05, 0.1) is 71.4 Å². The minimum absolute atomic E-state index is 0.0140. The number of nitrogens with two attached hydrogens (primary N) is 4. The average Bonchev–Trinajstić information content (AvgIpc) is 1.64. The number of methoxy groups -OCH3 is 4. The van der Waals surface area contributed by atoms with E-state index < -0.39 is 12.3 Å². The number of nitrogens with zero attached hydrogens (tertiary/aromatic N) is 20. The van der Waals surface area contributed by atoms with Gasteiger partial charge in [-0.25, -0.2) is 19.4 Å². The number of carbonyl (C=O) groups excluding carboxylic acids is 2. The molecule has 702 valence electrons. The lowest BCUT2D eigenvalue weighted by molar-refractivity contribution is 0.0679. The van der Waals surface area contributed by atoms with Crippen LogP contribution in [0.25, 0.3) is 44.7 Å². The standard InChI is InChI=1S/C25H35N7O5.C25H34N6O5.C21H22N6O4.C20H26N6O2/c1-17(2)36-25(33)37-24-27-20-21(26)28-23(35-13-12-34-4)29-22(20)32(24)16-19-7-5-6-18(14-19)15-31-10-8-30(3)9-11-31;1-17(2)35-25(32)36-24-27-20-21(26)28-23(34-13-12-33-3)29-22(20)31(24)16-19-9-7-8-18(14-19)15-30-10-5-4-6-11-30;1-30-9-10-31-20-24-18(22)17-19(25-20)27(21(29)23-17)13-15-6-4-5-14(11-15)12-26-8-3-2-7-16(26)28;1-14-22-17-18(21)23-20(28-10-9-27-2)24-19(17)26(14)13-16-6-3-5-15(11-16)12-25-7-4-8-25/h5-7,14,17H,8-13,15-16H2,1-4H3,(H2,26,28,29);7-9,14,17H,4-6,10-13,15-16H2,1-3H3,(H2,26,28,29);2-8,11H,9-10,12-13H2,1H3,(H,23,29)(H2,22,24,25);3,5-6,11H,4,7-10,12-13H2,1-2H3,(H2,21,23,24). The van der Waals surface area contributed by atoms with Crippen molar-refractivity contribution in [3.05, 3.63) is 193 Å². The van der Waals surface area contributed by atoms with Crippen molar-refractivity contribution in [2.45, 2.75) is 125 Å². The van der Waals surface area contributed by atoms with Crippen molar-refractivity contribution in [2.75, 3.05) is 164 Å².